The smallest absolute Gasteiger partial charge is 0.150 e. The highest BCUT2D eigenvalue weighted by Crippen LogP contribution is 2.12. The lowest BCUT2D eigenvalue weighted by atomic mass is 10.1. The first-order chi connectivity index (χ1) is 5.77. The molecule has 62 valence electrons. The molecular weight excluding hydrogens is 148 g/mol. The zero-order chi connectivity index (χ0) is 8.97. The van der Waals surface area contributed by atoms with Crippen LogP contribution in [-0.4, -0.2) is 6.29 Å². The van der Waals surface area contributed by atoms with E-state index in [0.717, 1.165) is 17.4 Å². The standard InChI is InChI=1S/C11H12O/c1-3-10(8-12)11-6-4-9(2)5-7-11/h3-8H,1-2H3/b10-3-. The average Bonchev–Trinajstić information content (AvgIpc) is 2.10. The third-order valence-electron chi connectivity index (χ3n) is 1.82. The van der Waals surface area contributed by atoms with Gasteiger partial charge in [0.1, 0.15) is 6.29 Å². The number of carbonyl (C=O) groups excluding carboxylic acids is 1. The van der Waals surface area contributed by atoms with Gasteiger partial charge in [0, 0.05) is 5.57 Å². The molecule has 0 N–H and O–H groups in total. The van der Waals surface area contributed by atoms with Crippen LogP contribution in [0.15, 0.2) is 30.3 Å². The Labute approximate surface area is 72.7 Å². The van der Waals surface area contributed by atoms with E-state index in [1.54, 1.807) is 0 Å². The molecule has 0 aliphatic carbocycles. The van der Waals surface area contributed by atoms with Crippen molar-refractivity contribution in [3.05, 3.63) is 41.5 Å². The summed E-state index contributed by atoms with van der Waals surface area (Å²) in [6.45, 7) is 3.89. The van der Waals surface area contributed by atoms with Crippen LogP contribution in [0.5, 0.6) is 0 Å². The van der Waals surface area contributed by atoms with Gasteiger partial charge in [0.15, 0.2) is 0 Å². The number of hydrogen-bond donors (Lipinski definition) is 0. The predicted octanol–water partition coefficient (Wildman–Crippen LogP) is 2.60. The topological polar surface area (TPSA) is 17.1 Å². The van der Waals surface area contributed by atoms with Crippen LogP contribution in [0.3, 0.4) is 0 Å². The van der Waals surface area contributed by atoms with E-state index in [-0.39, 0.29) is 0 Å². The minimum absolute atomic E-state index is 0.745. The van der Waals surface area contributed by atoms with Crippen molar-refractivity contribution in [2.45, 2.75) is 13.8 Å². The summed E-state index contributed by atoms with van der Waals surface area (Å²) in [4.78, 5) is 10.6. The third-order valence-corrected chi connectivity index (χ3v) is 1.82. The summed E-state index contributed by atoms with van der Waals surface area (Å²) in [5, 5.41) is 0. The maximum atomic E-state index is 10.6. The monoisotopic (exact) mass is 160 g/mol. The molecule has 0 fully saturated rings. The van der Waals surface area contributed by atoms with Crippen LogP contribution in [0.1, 0.15) is 18.1 Å². The van der Waals surface area contributed by atoms with Gasteiger partial charge in [-0.05, 0) is 19.4 Å². The molecule has 0 spiro atoms. The molecule has 1 nitrogen and oxygen atoms in total. The average molecular weight is 160 g/mol. The molecule has 1 rings (SSSR count). The maximum absolute atomic E-state index is 10.6. The van der Waals surface area contributed by atoms with Crippen molar-refractivity contribution in [3.8, 4) is 0 Å². The minimum atomic E-state index is 0.745. The van der Waals surface area contributed by atoms with Crippen LogP contribution >= 0.6 is 0 Å². The minimum Gasteiger partial charge on any atom is -0.298 e. The summed E-state index contributed by atoms with van der Waals surface area (Å²) >= 11 is 0. The Morgan fingerprint density at radius 1 is 1.25 bits per heavy atom. The SMILES string of the molecule is C/C=C(/C=O)c1ccc(C)cc1. The van der Waals surface area contributed by atoms with Crippen molar-refractivity contribution in [1.82, 2.24) is 0 Å². The Morgan fingerprint density at radius 3 is 2.25 bits per heavy atom. The van der Waals surface area contributed by atoms with E-state index in [2.05, 4.69) is 0 Å². The van der Waals surface area contributed by atoms with E-state index in [4.69, 9.17) is 0 Å². The molecular formula is C11H12O. The summed E-state index contributed by atoms with van der Waals surface area (Å²) in [5.74, 6) is 0. The van der Waals surface area contributed by atoms with Gasteiger partial charge in [0.25, 0.3) is 0 Å². The van der Waals surface area contributed by atoms with Gasteiger partial charge in [0.05, 0.1) is 0 Å². The second-order valence-corrected chi connectivity index (χ2v) is 2.73. The molecule has 0 aliphatic heterocycles. The van der Waals surface area contributed by atoms with Gasteiger partial charge in [-0.15, -0.1) is 0 Å². The highest BCUT2D eigenvalue weighted by molar-refractivity contribution is 6.06. The van der Waals surface area contributed by atoms with Gasteiger partial charge in [0.2, 0.25) is 0 Å². The molecule has 1 aromatic carbocycles. The molecule has 0 heterocycles. The van der Waals surface area contributed by atoms with E-state index < -0.39 is 0 Å². The number of aryl methyl sites for hydroxylation is 1. The maximum Gasteiger partial charge on any atom is 0.150 e. The second-order valence-electron chi connectivity index (χ2n) is 2.73. The first-order valence-electron chi connectivity index (χ1n) is 3.96. The van der Waals surface area contributed by atoms with Crippen LogP contribution in [0.2, 0.25) is 0 Å². The molecule has 0 radical (unpaired) electrons. The zero-order valence-corrected chi connectivity index (χ0v) is 7.37. The molecule has 12 heavy (non-hydrogen) atoms. The van der Waals surface area contributed by atoms with Gasteiger partial charge >= 0.3 is 0 Å². The highest BCUT2D eigenvalue weighted by atomic mass is 16.1. The second kappa shape index (κ2) is 3.86. The fourth-order valence-corrected chi connectivity index (χ4v) is 1.05. The molecule has 1 heteroatoms. The highest BCUT2D eigenvalue weighted by Gasteiger charge is 1.96. The summed E-state index contributed by atoms with van der Waals surface area (Å²) in [5.41, 5.74) is 2.94. The lowest BCUT2D eigenvalue weighted by molar-refractivity contribution is -0.103. The fraction of sp³-hybridized carbons (Fsp3) is 0.182. The van der Waals surface area contributed by atoms with Crippen molar-refractivity contribution < 1.29 is 4.79 Å². The Hall–Kier alpha value is -1.37. The van der Waals surface area contributed by atoms with Gasteiger partial charge in [-0.25, -0.2) is 0 Å². The van der Waals surface area contributed by atoms with Crippen LogP contribution in [-0.2, 0) is 4.79 Å². The summed E-state index contributed by atoms with van der Waals surface area (Å²) in [6, 6.07) is 7.92. The predicted molar refractivity (Wildman–Crippen MR) is 50.9 cm³/mol. The molecule has 0 bridgehead atoms. The van der Waals surface area contributed by atoms with Gasteiger partial charge in [-0.2, -0.15) is 0 Å². The van der Waals surface area contributed by atoms with Crippen LogP contribution in [0, 0.1) is 6.92 Å². The van der Waals surface area contributed by atoms with E-state index >= 15 is 0 Å². The summed E-state index contributed by atoms with van der Waals surface area (Å²) < 4.78 is 0. The molecule has 0 aliphatic rings. The summed E-state index contributed by atoms with van der Waals surface area (Å²) in [6.07, 6.45) is 2.70. The van der Waals surface area contributed by atoms with Crippen molar-refractivity contribution in [1.29, 1.82) is 0 Å². The lowest BCUT2D eigenvalue weighted by Crippen LogP contribution is -1.84. The quantitative estimate of drug-likeness (QED) is 0.480. The summed E-state index contributed by atoms with van der Waals surface area (Å²) in [7, 11) is 0. The number of carbonyl (C=O) groups is 1. The third kappa shape index (κ3) is 1.82. The van der Waals surface area contributed by atoms with E-state index in [1.807, 2.05) is 44.2 Å². The van der Waals surface area contributed by atoms with Crippen molar-refractivity contribution in [2.75, 3.05) is 0 Å². The van der Waals surface area contributed by atoms with Gasteiger partial charge in [-0.1, -0.05) is 35.9 Å². The van der Waals surface area contributed by atoms with Crippen LogP contribution in [0.25, 0.3) is 5.57 Å². The van der Waals surface area contributed by atoms with Crippen LogP contribution in [0.4, 0.5) is 0 Å². The number of hydrogen-bond acceptors (Lipinski definition) is 1. The van der Waals surface area contributed by atoms with Gasteiger partial charge < -0.3 is 0 Å². The van der Waals surface area contributed by atoms with Crippen LogP contribution < -0.4 is 0 Å². The molecule has 0 aromatic heterocycles. The number of rotatable bonds is 2. The van der Waals surface area contributed by atoms with E-state index in [9.17, 15) is 4.79 Å². The Morgan fingerprint density at radius 2 is 1.83 bits per heavy atom. The molecule has 0 atom stereocenters. The van der Waals surface area contributed by atoms with Crippen molar-refractivity contribution in [2.24, 2.45) is 0 Å². The van der Waals surface area contributed by atoms with E-state index in [1.165, 1.54) is 5.56 Å². The molecule has 0 saturated heterocycles. The number of benzene rings is 1. The molecule has 0 saturated carbocycles. The fourth-order valence-electron chi connectivity index (χ4n) is 1.05. The zero-order valence-electron chi connectivity index (χ0n) is 7.37. The Balaban J connectivity index is 3.04. The molecule has 0 unspecified atom stereocenters. The van der Waals surface area contributed by atoms with E-state index in [0.29, 0.717) is 0 Å². The number of aldehydes is 1. The first-order valence-corrected chi connectivity index (χ1v) is 3.96. The molecule has 0 amide bonds. The van der Waals surface area contributed by atoms with Crippen molar-refractivity contribution >= 4 is 11.9 Å². The first kappa shape index (κ1) is 8.72. The lowest BCUT2D eigenvalue weighted by Gasteiger charge is -1.98. The molecule has 1 aromatic rings. The van der Waals surface area contributed by atoms with Crippen molar-refractivity contribution in [3.63, 3.8) is 0 Å². The Kier molecular flexibility index (Phi) is 2.81. The Bertz CT molecular complexity index is 293. The number of allylic oxidation sites excluding steroid dienone is 2. The van der Waals surface area contributed by atoms with Gasteiger partial charge in [-0.3, -0.25) is 4.79 Å². The largest absolute Gasteiger partial charge is 0.298 e. The normalized spacial score (nSPS) is 11.3.